The lowest BCUT2D eigenvalue weighted by atomic mass is 9.91. The molecule has 0 fully saturated rings. The Morgan fingerprint density at radius 2 is 2.00 bits per heavy atom. The average Bonchev–Trinajstić information content (AvgIpc) is 2.82. The highest BCUT2D eigenvalue weighted by molar-refractivity contribution is 9.08. The van der Waals surface area contributed by atoms with Crippen molar-refractivity contribution < 1.29 is 0 Å². The molecule has 1 N–H and O–H groups in total. The van der Waals surface area contributed by atoms with Crippen LogP contribution in [0.15, 0.2) is 29.1 Å². The summed E-state index contributed by atoms with van der Waals surface area (Å²) < 4.78 is 1.72. The minimum Gasteiger partial charge on any atom is -0.345 e. The number of aryl methyl sites for hydroxylation is 1. The molecule has 1 aliphatic rings. The van der Waals surface area contributed by atoms with Gasteiger partial charge in [-0.05, 0) is 35.1 Å². The minimum atomic E-state index is -0.0693. The van der Waals surface area contributed by atoms with Crippen LogP contribution in [0.4, 0.5) is 5.82 Å². The monoisotopic (exact) mass is 403 g/mol. The zero-order chi connectivity index (χ0) is 18.4. The normalized spacial score (nSPS) is 17.0. The van der Waals surface area contributed by atoms with Crippen LogP contribution in [-0.2, 0) is 12.4 Å². The van der Waals surface area contributed by atoms with Gasteiger partial charge in [0.15, 0.2) is 0 Å². The van der Waals surface area contributed by atoms with E-state index < -0.39 is 0 Å². The number of nitrogens with zero attached hydrogens (tertiary/aromatic N) is 2. The number of fused-ring (bicyclic) bond motifs is 1. The molecule has 2 aromatic rings. The molecular weight excluding hydrogens is 378 g/mol. The Balaban J connectivity index is 2.15. The SMILES string of the molecule is Cc1ccc(CBr)cc1C1C=Cc2[nH]c(=O)n(C)c2N1CC(C)(C)C. The molecular formula is C20H26BrN3O. The van der Waals surface area contributed by atoms with Gasteiger partial charge >= 0.3 is 5.69 Å². The van der Waals surface area contributed by atoms with E-state index in [0.717, 1.165) is 23.4 Å². The van der Waals surface area contributed by atoms with Crippen LogP contribution >= 0.6 is 15.9 Å². The lowest BCUT2D eigenvalue weighted by Crippen LogP contribution is -2.38. The van der Waals surface area contributed by atoms with E-state index in [1.54, 1.807) is 4.57 Å². The van der Waals surface area contributed by atoms with Gasteiger partial charge in [0.05, 0.1) is 11.7 Å². The lowest BCUT2D eigenvalue weighted by Gasteiger charge is -2.39. The van der Waals surface area contributed by atoms with Gasteiger partial charge in [0.2, 0.25) is 0 Å². The summed E-state index contributed by atoms with van der Waals surface area (Å²) >= 11 is 3.56. The molecule has 0 aliphatic carbocycles. The third-order valence-electron chi connectivity index (χ3n) is 4.62. The van der Waals surface area contributed by atoms with Gasteiger partial charge in [-0.25, -0.2) is 4.79 Å². The van der Waals surface area contributed by atoms with E-state index in [1.807, 2.05) is 13.1 Å². The van der Waals surface area contributed by atoms with Gasteiger partial charge in [-0.2, -0.15) is 0 Å². The van der Waals surface area contributed by atoms with Crippen molar-refractivity contribution in [2.24, 2.45) is 12.5 Å². The molecule has 0 amide bonds. The Bertz CT molecular complexity index is 870. The van der Waals surface area contributed by atoms with Crippen LogP contribution in [0.25, 0.3) is 6.08 Å². The first kappa shape index (κ1) is 18.1. The second-order valence-electron chi connectivity index (χ2n) is 8.04. The maximum atomic E-state index is 12.2. The molecule has 2 heterocycles. The largest absolute Gasteiger partial charge is 0.345 e. The fourth-order valence-corrected chi connectivity index (χ4v) is 3.81. The summed E-state index contributed by atoms with van der Waals surface area (Å²) in [4.78, 5) is 17.5. The molecule has 0 saturated heterocycles. The summed E-state index contributed by atoms with van der Waals surface area (Å²) in [7, 11) is 1.84. The topological polar surface area (TPSA) is 41.0 Å². The van der Waals surface area contributed by atoms with E-state index in [2.05, 4.69) is 77.8 Å². The molecule has 1 atom stereocenters. The number of imidazole rings is 1. The van der Waals surface area contributed by atoms with Crippen LogP contribution in [0.3, 0.4) is 0 Å². The molecule has 5 heteroatoms. The standard InChI is InChI=1S/C20H26BrN3O/c1-13-6-7-14(11-21)10-15(13)17-9-8-16-18(23(5)19(25)22-16)24(17)12-20(2,3)4/h6-10,17H,11-12H2,1-5H3,(H,22,25). The van der Waals surface area contributed by atoms with Crippen molar-refractivity contribution in [2.75, 3.05) is 11.4 Å². The second kappa shape index (κ2) is 6.52. The van der Waals surface area contributed by atoms with E-state index >= 15 is 0 Å². The van der Waals surface area contributed by atoms with Gasteiger partial charge in [-0.3, -0.25) is 4.57 Å². The fraction of sp³-hybridized carbons (Fsp3) is 0.450. The Kier molecular flexibility index (Phi) is 4.71. The summed E-state index contributed by atoms with van der Waals surface area (Å²) in [6.45, 7) is 9.71. The smallest absolute Gasteiger partial charge is 0.327 e. The molecule has 4 nitrogen and oxygen atoms in total. The fourth-order valence-electron chi connectivity index (χ4n) is 3.47. The van der Waals surface area contributed by atoms with Crippen molar-refractivity contribution in [1.82, 2.24) is 9.55 Å². The summed E-state index contributed by atoms with van der Waals surface area (Å²) in [5.41, 5.74) is 4.74. The molecule has 3 rings (SSSR count). The minimum absolute atomic E-state index is 0.0693. The second-order valence-corrected chi connectivity index (χ2v) is 8.60. The third kappa shape index (κ3) is 3.47. The zero-order valence-electron chi connectivity index (χ0n) is 15.6. The Morgan fingerprint density at radius 1 is 1.28 bits per heavy atom. The number of alkyl halides is 1. The van der Waals surface area contributed by atoms with Crippen LogP contribution in [0.5, 0.6) is 0 Å². The average molecular weight is 404 g/mol. The molecule has 1 aromatic heterocycles. The van der Waals surface area contributed by atoms with Gasteiger partial charge < -0.3 is 9.88 Å². The molecule has 1 aromatic carbocycles. The molecule has 0 radical (unpaired) electrons. The molecule has 134 valence electrons. The highest BCUT2D eigenvalue weighted by atomic mass is 79.9. The number of benzene rings is 1. The number of rotatable bonds is 3. The summed E-state index contributed by atoms with van der Waals surface area (Å²) in [5.74, 6) is 0.969. The molecule has 0 saturated carbocycles. The number of hydrogen-bond donors (Lipinski definition) is 1. The Morgan fingerprint density at radius 3 is 2.64 bits per heavy atom. The Hall–Kier alpha value is -1.75. The highest BCUT2D eigenvalue weighted by Crippen LogP contribution is 2.38. The quantitative estimate of drug-likeness (QED) is 0.764. The van der Waals surface area contributed by atoms with Gasteiger partial charge in [0, 0.05) is 18.9 Å². The lowest BCUT2D eigenvalue weighted by molar-refractivity contribution is 0.397. The van der Waals surface area contributed by atoms with Crippen LogP contribution in [0.1, 0.15) is 49.2 Å². The third-order valence-corrected chi connectivity index (χ3v) is 5.27. The first-order valence-electron chi connectivity index (χ1n) is 8.60. The van der Waals surface area contributed by atoms with Crippen molar-refractivity contribution >= 4 is 27.8 Å². The molecule has 1 unspecified atom stereocenters. The van der Waals surface area contributed by atoms with Crippen molar-refractivity contribution in [2.45, 2.75) is 39.1 Å². The van der Waals surface area contributed by atoms with E-state index in [1.165, 1.54) is 16.7 Å². The molecule has 0 bridgehead atoms. The predicted octanol–water partition coefficient (Wildman–Crippen LogP) is 4.54. The summed E-state index contributed by atoms with van der Waals surface area (Å²) in [6.07, 6.45) is 4.24. The van der Waals surface area contributed by atoms with Crippen molar-refractivity contribution in [3.8, 4) is 0 Å². The summed E-state index contributed by atoms with van der Waals surface area (Å²) in [5, 5.41) is 0.837. The maximum Gasteiger partial charge on any atom is 0.327 e. The van der Waals surface area contributed by atoms with E-state index in [9.17, 15) is 4.79 Å². The van der Waals surface area contributed by atoms with Crippen LogP contribution in [-0.4, -0.2) is 16.1 Å². The molecule has 1 aliphatic heterocycles. The van der Waals surface area contributed by atoms with E-state index in [-0.39, 0.29) is 17.1 Å². The number of nitrogens with one attached hydrogen (secondary N) is 1. The number of hydrogen-bond acceptors (Lipinski definition) is 2. The van der Waals surface area contributed by atoms with Gasteiger partial charge in [0.1, 0.15) is 5.82 Å². The van der Waals surface area contributed by atoms with E-state index in [4.69, 9.17) is 0 Å². The van der Waals surface area contributed by atoms with Gasteiger partial charge in [0.25, 0.3) is 0 Å². The van der Waals surface area contributed by atoms with Gasteiger partial charge in [-0.15, -0.1) is 0 Å². The number of aromatic nitrogens is 2. The summed E-state index contributed by atoms with van der Waals surface area (Å²) in [6, 6.07) is 6.73. The maximum absolute atomic E-state index is 12.2. The number of H-pyrrole nitrogens is 1. The van der Waals surface area contributed by atoms with Crippen molar-refractivity contribution in [3.05, 3.63) is 57.1 Å². The predicted molar refractivity (Wildman–Crippen MR) is 108 cm³/mol. The molecule has 0 spiro atoms. The van der Waals surface area contributed by atoms with Crippen LogP contribution in [0, 0.1) is 12.3 Å². The van der Waals surface area contributed by atoms with Crippen molar-refractivity contribution in [1.29, 1.82) is 0 Å². The van der Waals surface area contributed by atoms with Gasteiger partial charge in [-0.1, -0.05) is 61.0 Å². The molecule has 25 heavy (non-hydrogen) atoms. The van der Waals surface area contributed by atoms with Crippen molar-refractivity contribution in [3.63, 3.8) is 0 Å². The zero-order valence-corrected chi connectivity index (χ0v) is 17.1. The van der Waals surface area contributed by atoms with Crippen LogP contribution < -0.4 is 10.6 Å². The van der Waals surface area contributed by atoms with Crippen LogP contribution in [0.2, 0.25) is 0 Å². The number of aromatic amines is 1. The number of anilines is 1. The van der Waals surface area contributed by atoms with E-state index in [0.29, 0.717) is 0 Å². The highest BCUT2D eigenvalue weighted by Gasteiger charge is 2.31. The Labute approximate surface area is 157 Å². The first-order valence-corrected chi connectivity index (χ1v) is 9.72. The number of halogens is 1. The first-order chi connectivity index (χ1) is 11.7.